The Morgan fingerprint density at radius 3 is 1.18 bits per heavy atom. The number of halogens is 2. The van der Waals surface area contributed by atoms with Gasteiger partial charge < -0.3 is 4.90 Å². The SMILES string of the molecule is Cc1ccc2c(c1)C(C)(C)c1cc(/C=C/c3ccc(/C=C/c4ccc5c(c4)C(C)(C)c4cc(N(c6ccc(F)cc6)c6ccc(F)cc6)ccc4-5)cc3)ccc1-2. The fourth-order valence-electron chi connectivity index (χ4n) is 8.69. The van der Waals surface area contributed by atoms with Crippen LogP contribution in [0.25, 0.3) is 46.6 Å². The molecular formula is C53H43F2N. The van der Waals surface area contributed by atoms with Crippen LogP contribution < -0.4 is 4.90 Å². The molecule has 7 aromatic carbocycles. The van der Waals surface area contributed by atoms with Crippen LogP contribution in [0.2, 0.25) is 0 Å². The molecule has 0 N–H and O–H groups in total. The number of rotatable bonds is 7. The summed E-state index contributed by atoms with van der Waals surface area (Å²) < 4.78 is 27.9. The van der Waals surface area contributed by atoms with Gasteiger partial charge in [0.05, 0.1) is 0 Å². The van der Waals surface area contributed by atoms with Crippen LogP contribution in [0.5, 0.6) is 0 Å². The summed E-state index contributed by atoms with van der Waals surface area (Å²) in [6.45, 7) is 11.4. The van der Waals surface area contributed by atoms with Crippen molar-refractivity contribution in [2.45, 2.75) is 45.4 Å². The summed E-state index contributed by atoms with van der Waals surface area (Å²) in [5.74, 6) is -0.602. The molecule has 7 aromatic rings. The number of nitrogens with zero attached hydrogens (tertiary/aromatic N) is 1. The molecule has 0 aromatic heterocycles. The van der Waals surface area contributed by atoms with Gasteiger partial charge >= 0.3 is 0 Å². The van der Waals surface area contributed by atoms with E-state index in [9.17, 15) is 8.78 Å². The van der Waals surface area contributed by atoms with E-state index in [0.717, 1.165) is 33.8 Å². The normalized spacial score (nSPS) is 14.5. The van der Waals surface area contributed by atoms with Gasteiger partial charge in [-0.3, -0.25) is 0 Å². The lowest BCUT2D eigenvalue weighted by Gasteiger charge is -2.28. The summed E-state index contributed by atoms with van der Waals surface area (Å²) in [5.41, 5.74) is 18.6. The largest absolute Gasteiger partial charge is 0.310 e. The highest BCUT2D eigenvalue weighted by molar-refractivity contribution is 5.87. The summed E-state index contributed by atoms with van der Waals surface area (Å²) in [6.07, 6.45) is 8.77. The molecule has 2 aliphatic rings. The van der Waals surface area contributed by atoms with Crippen molar-refractivity contribution in [3.8, 4) is 22.3 Å². The van der Waals surface area contributed by atoms with E-state index < -0.39 is 0 Å². The van der Waals surface area contributed by atoms with Crippen molar-refractivity contribution >= 4 is 41.4 Å². The molecule has 274 valence electrons. The van der Waals surface area contributed by atoms with E-state index in [2.05, 4.69) is 156 Å². The third-order valence-corrected chi connectivity index (χ3v) is 11.8. The van der Waals surface area contributed by atoms with Crippen LogP contribution in [-0.2, 0) is 10.8 Å². The van der Waals surface area contributed by atoms with Crippen LogP contribution in [0.15, 0.2) is 146 Å². The van der Waals surface area contributed by atoms with E-state index >= 15 is 0 Å². The van der Waals surface area contributed by atoms with E-state index in [0.29, 0.717) is 0 Å². The summed E-state index contributed by atoms with van der Waals surface area (Å²) in [4.78, 5) is 2.04. The molecule has 0 amide bonds. The zero-order valence-corrected chi connectivity index (χ0v) is 32.4. The molecule has 1 nitrogen and oxygen atoms in total. The quantitative estimate of drug-likeness (QED) is 0.148. The molecule has 0 aliphatic heterocycles. The molecule has 0 radical (unpaired) electrons. The monoisotopic (exact) mass is 731 g/mol. The second-order valence-electron chi connectivity index (χ2n) is 16.3. The predicted octanol–water partition coefficient (Wildman–Crippen LogP) is 14.7. The molecule has 2 aliphatic carbocycles. The number of hydrogen-bond donors (Lipinski definition) is 0. The Kier molecular flexibility index (Phi) is 8.50. The molecular weight excluding hydrogens is 689 g/mol. The fourth-order valence-corrected chi connectivity index (χ4v) is 8.69. The Bertz CT molecular complexity index is 2650. The molecule has 0 heterocycles. The topological polar surface area (TPSA) is 3.24 Å². The molecule has 0 atom stereocenters. The minimum Gasteiger partial charge on any atom is -0.310 e. The van der Waals surface area contributed by atoms with Gasteiger partial charge in [0.15, 0.2) is 0 Å². The molecule has 0 unspecified atom stereocenters. The van der Waals surface area contributed by atoms with Crippen LogP contribution in [0.1, 0.15) is 77.8 Å². The first-order valence-electron chi connectivity index (χ1n) is 19.3. The molecule has 0 bridgehead atoms. The Balaban J connectivity index is 0.931. The Labute approximate surface area is 328 Å². The summed E-state index contributed by atoms with van der Waals surface area (Å²) in [7, 11) is 0. The highest BCUT2D eigenvalue weighted by atomic mass is 19.1. The van der Waals surface area contributed by atoms with Gasteiger partial charge in [0.25, 0.3) is 0 Å². The van der Waals surface area contributed by atoms with Gasteiger partial charge in [0.2, 0.25) is 0 Å². The van der Waals surface area contributed by atoms with Crippen molar-refractivity contribution in [1.29, 1.82) is 0 Å². The predicted molar refractivity (Wildman–Crippen MR) is 232 cm³/mol. The fraction of sp³-hybridized carbons (Fsp3) is 0.132. The minimum absolute atomic E-state index is 0.0168. The van der Waals surface area contributed by atoms with Crippen LogP contribution in [-0.4, -0.2) is 0 Å². The Morgan fingerprint density at radius 1 is 0.375 bits per heavy atom. The summed E-state index contributed by atoms with van der Waals surface area (Å²) in [6, 6.07) is 48.4. The average molecular weight is 732 g/mol. The van der Waals surface area contributed by atoms with Crippen LogP contribution in [0, 0.1) is 18.6 Å². The number of benzene rings is 7. The van der Waals surface area contributed by atoms with Crippen molar-refractivity contribution in [1.82, 2.24) is 0 Å². The van der Waals surface area contributed by atoms with Crippen molar-refractivity contribution in [3.63, 3.8) is 0 Å². The van der Waals surface area contributed by atoms with E-state index in [1.807, 2.05) is 4.90 Å². The van der Waals surface area contributed by atoms with Crippen molar-refractivity contribution in [2.75, 3.05) is 4.90 Å². The van der Waals surface area contributed by atoms with E-state index in [1.54, 1.807) is 24.3 Å². The van der Waals surface area contributed by atoms with Gasteiger partial charge in [-0.05, 0) is 134 Å². The number of fused-ring (bicyclic) bond motifs is 6. The second kappa shape index (κ2) is 13.5. The van der Waals surface area contributed by atoms with Crippen LogP contribution >= 0.6 is 0 Å². The molecule has 3 heteroatoms. The first-order valence-corrected chi connectivity index (χ1v) is 19.3. The second-order valence-corrected chi connectivity index (χ2v) is 16.3. The molecule has 9 rings (SSSR count). The number of hydrogen-bond acceptors (Lipinski definition) is 1. The van der Waals surface area contributed by atoms with Gasteiger partial charge in [0.1, 0.15) is 11.6 Å². The van der Waals surface area contributed by atoms with Crippen molar-refractivity contribution in [3.05, 3.63) is 207 Å². The van der Waals surface area contributed by atoms with Gasteiger partial charge in [-0.15, -0.1) is 0 Å². The Morgan fingerprint density at radius 2 is 0.714 bits per heavy atom. The number of aryl methyl sites for hydroxylation is 1. The molecule has 0 fully saturated rings. The average Bonchev–Trinajstić information content (AvgIpc) is 3.56. The maximum atomic E-state index is 13.9. The molecule has 0 saturated heterocycles. The summed E-state index contributed by atoms with van der Waals surface area (Å²) in [5, 5.41) is 0. The first-order chi connectivity index (χ1) is 27.0. The highest BCUT2D eigenvalue weighted by Gasteiger charge is 2.37. The third kappa shape index (κ3) is 6.18. The Hall–Kier alpha value is -6.32. The van der Waals surface area contributed by atoms with Crippen LogP contribution in [0.4, 0.5) is 25.8 Å². The zero-order valence-electron chi connectivity index (χ0n) is 32.4. The van der Waals surface area contributed by atoms with E-state index in [1.165, 1.54) is 79.9 Å². The molecule has 56 heavy (non-hydrogen) atoms. The molecule has 0 spiro atoms. The first kappa shape index (κ1) is 35.4. The van der Waals surface area contributed by atoms with E-state index in [4.69, 9.17) is 0 Å². The van der Waals surface area contributed by atoms with Gasteiger partial charge in [-0.2, -0.15) is 0 Å². The maximum Gasteiger partial charge on any atom is 0.123 e. The number of anilines is 3. The summed E-state index contributed by atoms with van der Waals surface area (Å²) >= 11 is 0. The van der Waals surface area contributed by atoms with Gasteiger partial charge in [0, 0.05) is 27.9 Å². The van der Waals surface area contributed by atoms with E-state index in [-0.39, 0.29) is 22.5 Å². The van der Waals surface area contributed by atoms with Crippen molar-refractivity contribution < 1.29 is 8.78 Å². The zero-order chi connectivity index (χ0) is 38.8. The minimum atomic E-state index is -0.301. The van der Waals surface area contributed by atoms with Crippen LogP contribution in [0.3, 0.4) is 0 Å². The van der Waals surface area contributed by atoms with Gasteiger partial charge in [-0.1, -0.05) is 142 Å². The molecule has 0 saturated carbocycles. The highest BCUT2D eigenvalue weighted by Crippen LogP contribution is 2.52. The standard InChI is InChI=1S/C53H43F2N/c1-34-6-26-44-45-27-15-37(31-49(45)52(2,3)48(44)30-34)13-11-35-7-9-36(10-8-35)12-14-38-16-28-46-47-29-25-43(33-51(47)53(4,5)50(46)32-38)56(41-21-17-39(54)18-22-41)42-23-19-40(55)20-24-42/h6-33H,1-5H3/b13-11+,14-12+. The lowest BCUT2D eigenvalue weighted by molar-refractivity contribution is 0.628. The lowest BCUT2D eigenvalue weighted by Crippen LogP contribution is -2.16. The van der Waals surface area contributed by atoms with Gasteiger partial charge in [-0.25, -0.2) is 8.78 Å². The third-order valence-electron chi connectivity index (χ3n) is 11.8. The smallest absolute Gasteiger partial charge is 0.123 e. The van der Waals surface area contributed by atoms with Crippen molar-refractivity contribution in [2.24, 2.45) is 0 Å². The lowest BCUT2D eigenvalue weighted by atomic mass is 9.81. The maximum absolute atomic E-state index is 13.9.